The van der Waals surface area contributed by atoms with Gasteiger partial charge in [-0.25, -0.2) is 9.97 Å². The highest BCUT2D eigenvalue weighted by atomic mass is 79.9. The van der Waals surface area contributed by atoms with E-state index in [1.165, 1.54) is 50.6 Å². The van der Waals surface area contributed by atoms with E-state index in [2.05, 4.69) is 27.0 Å². The van der Waals surface area contributed by atoms with Crippen LogP contribution in [0.4, 0.5) is 0 Å². The van der Waals surface area contributed by atoms with E-state index >= 15 is 0 Å². The van der Waals surface area contributed by atoms with Crippen molar-refractivity contribution in [2.24, 2.45) is 0 Å². The summed E-state index contributed by atoms with van der Waals surface area (Å²) in [5, 5.41) is 0. The molecule has 2 nitrogen and oxygen atoms in total. The zero-order valence-corrected chi connectivity index (χ0v) is 11.0. The maximum atomic E-state index is 4.78. The van der Waals surface area contributed by atoms with Crippen molar-refractivity contribution in [2.75, 3.05) is 0 Å². The molecule has 86 valence electrons. The molecule has 16 heavy (non-hydrogen) atoms. The van der Waals surface area contributed by atoms with E-state index in [0.717, 1.165) is 10.4 Å². The van der Waals surface area contributed by atoms with Gasteiger partial charge in [0.2, 0.25) is 0 Å². The molecule has 2 aliphatic rings. The highest BCUT2D eigenvalue weighted by Crippen LogP contribution is 2.40. The Bertz CT molecular complexity index is 382. The molecule has 0 bridgehead atoms. The molecule has 0 spiro atoms. The van der Waals surface area contributed by atoms with Gasteiger partial charge in [0.05, 0.1) is 0 Å². The normalized spacial score (nSPS) is 22.3. The van der Waals surface area contributed by atoms with E-state index in [1.807, 2.05) is 0 Å². The number of hydrogen-bond donors (Lipinski definition) is 0. The number of halogens is 1. The van der Waals surface area contributed by atoms with E-state index in [-0.39, 0.29) is 0 Å². The zero-order chi connectivity index (χ0) is 11.0. The van der Waals surface area contributed by atoms with Crippen LogP contribution in [0, 0.1) is 0 Å². The summed E-state index contributed by atoms with van der Waals surface area (Å²) >= 11 is 3.52. The van der Waals surface area contributed by atoms with Crippen molar-refractivity contribution in [3.8, 4) is 0 Å². The predicted molar refractivity (Wildman–Crippen MR) is 67.5 cm³/mol. The number of rotatable bonds is 2. The van der Waals surface area contributed by atoms with Gasteiger partial charge in [-0.05, 0) is 47.7 Å². The minimum atomic E-state index is 0.653. The Hall–Kier alpha value is -0.440. The quantitative estimate of drug-likeness (QED) is 0.760. The Morgan fingerprint density at radius 1 is 0.938 bits per heavy atom. The number of nitrogens with zero attached hydrogens (tertiary/aromatic N) is 2. The molecule has 1 aromatic heterocycles. The summed E-state index contributed by atoms with van der Waals surface area (Å²) in [6, 6.07) is 2.13. The van der Waals surface area contributed by atoms with Crippen molar-refractivity contribution in [3.63, 3.8) is 0 Å². The largest absolute Gasteiger partial charge is 0.237 e. The number of aromatic nitrogens is 2. The Morgan fingerprint density at radius 2 is 1.69 bits per heavy atom. The van der Waals surface area contributed by atoms with Crippen LogP contribution in [0.5, 0.6) is 0 Å². The molecule has 3 rings (SSSR count). The molecule has 1 aromatic rings. The highest BCUT2D eigenvalue weighted by Gasteiger charge is 2.28. The van der Waals surface area contributed by atoms with E-state index in [4.69, 9.17) is 4.98 Å². The van der Waals surface area contributed by atoms with Gasteiger partial charge in [-0.2, -0.15) is 0 Å². The first-order valence-electron chi connectivity index (χ1n) is 6.37. The number of hydrogen-bond acceptors (Lipinski definition) is 2. The molecule has 0 saturated heterocycles. The second-order valence-corrected chi connectivity index (χ2v) is 5.90. The van der Waals surface area contributed by atoms with Gasteiger partial charge in [0.1, 0.15) is 10.4 Å². The Morgan fingerprint density at radius 3 is 2.38 bits per heavy atom. The molecule has 0 radical (unpaired) electrons. The third kappa shape index (κ3) is 2.29. The summed E-state index contributed by atoms with van der Waals surface area (Å²) < 4.78 is 0.977. The first kappa shape index (κ1) is 10.7. The van der Waals surface area contributed by atoms with Crippen LogP contribution in [0.25, 0.3) is 0 Å². The average molecular weight is 281 g/mol. The van der Waals surface area contributed by atoms with Gasteiger partial charge >= 0.3 is 0 Å². The summed E-state index contributed by atoms with van der Waals surface area (Å²) in [5.41, 5.74) is 1.28. The summed E-state index contributed by atoms with van der Waals surface area (Å²) in [6.07, 6.45) is 9.32. The van der Waals surface area contributed by atoms with Crippen LogP contribution in [-0.4, -0.2) is 9.97 Å². The fraction of sp³-hybridized carbons (Fsp3) is 0.692. The van der Waals surface area contributed by atoms with Crippen LogP contribution in [0.1, 0.15) is 68.3 Å². The Labute approximate surface area is 105 Å². The minimum absolute atomic E-state index is 0.653. The second-order valence-electron chi connectivity index (χ2n) is 5.08. The van der Waals surface area contributed by atoms with Gasteiger partial charge in [0.15, 0.2) is 0 Å². The van der Waals surface area contributed by atoms with Gasteiger partial charge < -0.3 is 0 Å². The summed E-state index contributed by atoms with van der Waals surface area (Å²) in [5.74, 6) is 2.42. The predicted octanol–water partition coefficient (Wildman–Crippen LogP) is 4.16. The molecule has 0 N–H and O–H groups in total. The van der Waals surface area contributed by atoms with Crippen LogP contribution < -0.4 is 0 Å². The monoisotopic (exact) mass is 280 g/mol. The van der Waals surface area contributed by atoms with Gasteiger partial charge in [-0.1, -0.05) is 19.3 Å². The zero-order valence-electron chi connectivity index (χ0n) is 9.45. The minimum Gasteiger partial charge on any atom is -0.237 e. The van der Waals surface area contributed by atoms with Crippen molar-refractivity contribution < 1.29 is 0 Å². The SMILES string of the molecule is Brc1cc(C2CCCCC2)nc(C2CC2)n1. The molecule has 0 aliphatic heterocycles. The molecule has 0 unspecified atom stereocenters. The van der Waals surface area contributed by atoms with E-state index in [9.17, 15) is 0 Å². The summed E-state index contributed by atoms with van der Waals surface area (Å²) in [4.78, 5) is 9.27. The first-order chi connectivity index (χ1) is 7.83. The molecule has 0 atom stereocenters. The lowest BCUT2D eigenvalue weighted by Gasteiger charge is -2.21. The molecule has 3 heteroatoms. The topological polar surface area (TPSA) is 25.8 Å². The van der Waals surface area contributed by atoms with Crippen LogP contribution in [0.2, 0.25) is 0 Å². The van der Waals surface area contributed by atoms with Crippen molar-refractivity contribution in [1.82, 2.24) is 9.97 Å². The van der Waals surface area contributed by atoms with Gasteiger partial charge in [0.25, 0.3) is 0 Å². The van der Waals surface area contributed by atoms with Crippen LogP contribution in [0.3, 0.4) is 0 Å². The summed E-state index contributed by atoms with van der Waals surface area (Å²) in [6.45, 7) is 0. The van der Waals surface area contributed by atoms with Crippen molar-refractivity contribution >= 4 is 15.9 Å². The fourth-order valence-electron chi connectivity index (χ4n) is 2.58. The molecule has 2 aliphatic carbocycles. The summed E-state index contributed by atoms with van der Waals surface area (Å²) in [7, 11) is 0. The maximum absolute atomic E-state index is 4.78. The molecule has 2 fully saturated rings. The average Bonchev–Trinajstić information content (AvgIpc) is 3.13. The molecule has 1 heterocycles. The van der Waals surface area contributed by atoms with Crippen molar-refractivity contribution in [1.29, 1.82) is 0 Å². The third-order valence-corrected chi connectivity index (χ3v) is 4.10. The van der Waals surface area contributed by atoms with Crippen molar-refractivity contribution in [3.05, 3.63) is 22.2 Å². The Balaban J connectivity index is 1.86. The molecule has 0 aromatic carbocycles. The first-order valence-corrected chi connectivity index (χ1v) is 7.16. The molecule has 0 amide bonds. The van der Waals surface area contributed by atoms with E-state index < -0.39 is 0 Å². The Kier molecular flexibility index (Phi) is 2.97. The van der Waals surface area contributed by atoms with Crippen molar-refractivity contribution in [2.45, 2.75) is 56.8 Å². The van der Waals surface area contributed by atoms with E-state index in [1.54, 1.807) is 0 Å². The molecular weight excluding hydrogens is 264 g/mol. The van der Waals surface area contributed by atoms with Gasteiger partial charge in [0, 0.05) is 17.5 Å². The third-order valence-electron chi connectivity index (χ3n) is 3.70. The standard InChI is InChI=1S/C13H17BrN2/c14-12-8-11(9-4-2-1-3-5-9)15-13(16-12)10-6-7-10/h8-10H,1-7H2. The lowest BCUT2D eigenvalue weighted by atomic mass is 9.87. The van der Waals surface area contributed by atoms with Crippen LogP contribution in [-0.2, 0) is 0 Å². The lowest BCUT2D eigenvalue weighted by Crippen LogP contribution is -2.08. The smallest absolute Gasteiger partial charge is 0.132 e. The van der Waals surface area contributed by atoms with Crippen LogP contribution >= 0.6 is 15.9 Å². The van der Waals surface area contributed by atoms with Gasteiger partial charge in [-0.15, -0.1) is 0 Å². The van der Waals surface area contributed by atoms with Crippen LogP contribution in [0.15, 0.2) is 10.7 Å². The lowest BCUT2D eigenvalue weighted by molar-refractivity contribution is 0.435. The fourth-order valence-corrected chi connectivity index (χ4v) is 3.00. The maximum Gasteiger partial charge on any atom is 0.132 e. The van der Waals surface area contributed by atoms with E-state index in [0.29, 0.717) is 11.8 Å². The molecular formula is C13H17BrN2. The highest BCUT2D eigenvalue weighted by molar-refractivity contribution is 9.10. The van der Waals surface area contributed by atoms with Gasteiger partial charge in [-0.3, -0.25) is 0 Å². The second kappa shape index (κ2) is 4.44. The molecule has 2 saturated carbocycles.